The maximum Gasteiger partial charge on any atom is 0.0827 e. The van der Waals surface area contributed by atoms with Crippen molar-refractivity contribution < 1.29 is 0 Å². The van der Waals surface area contributed by atoms with E-state index in [2.05, 4.69) is 41.5 Å². The summed E-state index contributed by atoms with van der Waals surface area (Å²) < 4.78 is 1.87. The van der Waals surface area contributed by atoms with Crippen LogP contribution in [-0.4, -0.2) is 21.5 Å². The van der Waals surface area contributed by atoms with Gasteiger partial charge in [-0.2, -0.15) is 0 Å². The molecule has 0 atom stereocenters. The third kappa shape index (κ3) is 3.39. The van der Waals surface area contributed by atoms with Crippen molar-refractivity contribution in [3.05, 3.63) is 47.3 Å². The van der Waals surface area contributed by atoms with E-state index in [4.69, 9.17) is 5.73 Å². The molecule has 90 valence electrons. The van der Waals surface area contributed by atoms with Crippen LogP contribution in [-0.2, 0) is 13.0 Å². The zero-order valence-electron chi connectivity index (χ0n) is 10.1. The number of hydrogen-bond acceptors (Lipinski definition) is 3. The Morgan fingerprint density at radius 2 is 2.00 bits per heavy atom. The summed E-state index contributed by atoms with van der Waals surface area (Å²) in [6.45, 7) is 3.56. The summed E-state index contributed by atoms with van der Waals surface area (Å²) in [6, 6.07) is 8.47. The zero-order chi connectivity index (χ0) is 12.1. The fraction of sp³-hybridized carbons (Fsp3) is 0.385. The van der Waals surface area contributed by atoms with Gasteiger partial charge in [-0.3, -0.25) is 0 Å². The largest absolute Gasteiger partial charge is 0.330 e. The van der Waals surface area contributed by atoms with Gasteiger partial charge in [-0.25, -0.2) is 4.68 Å². The Labute approximate surface area is 101 Å². The Kier molecular flexibility index (Phi) is 3.88. The quantitative estimate of drug-likeness (QED) is 0.847. The Bertz CT molecular complexity index is 459. The minimum atomic E-state index is 0.699. The van der Waals surface area contributed by atoms with Crippen LogP contribution in [0.1, 0.15) is 23.2 Å². The fourth-order valence-corrected chi connectivity index (χ4v) is 1.69. The molecule has 2 aromatic rings. The molecule has 0 aliphatic heterocycles. The minimum absolute atomic E-state index is 0.699. The molecule has 4 heteroatoms. The second-order valence-electron chi connectivity index (χ2n) is 4.29. The first kappa shape index (κ1) is 11.8. The molecule has 0 fully saturated rings. The van der Waals surface area contributed by atoms with E-state index in [-0.39, 0.29) is 0 Å². The number of nitrogens with two attached hydrogens (primary N) is 1. The molecule has 0 saturated heterocycles. The van der Waals surface area contributed by atoms with Crippen LogP contribution in [0.3, 0.4) is 0 Å². The number of aryl methyl sites for hydroxylation is 2. The Hall–Kier alpha value is -1.68. The average molecular weight is 230 g/mol. The smallest absolute Gasteiger partial charge is 0.0827 e. The first-order chi connectivity index (χ1) is 8.28. The summed E-state index contributed by atoms with van der Waals surface area (Å²) in [5, 5.41) is 8.24. The molecule has 0 spiro atoms. The fourth-order valence-electron chi connectivity index (χ4n) is 1.69. The normalized spacial score (nSPS) is 10.7. The number of aromatic nitrogens is 3. The van der Waals surface area contributed by atoms with E-state index in [1.807, 2.05) is 10.9 Å². The molecule has 0 unspecified atom stereocenters. The molecule has 0 aliphatic rings. The Morgan fingerprint density at radius 1 is 1.24 bits per heavy atom. The highest BCUT2D eigenvalue weighted by Crippen LogP contribution is 2.05. The highest BCUT2D eigenvalue weighted by molar-refractivity contribution is 5.21. The van der Waals surface area contributed by atoms with Crippen molar-refractivity contribution in [2.24, 2.45) is 5.73 Å². The lowest BCUT2D eigenvalue weighted by atomic mass is 10.1. The van der Waals surface area contributed by atoms with Gasteiger partial charge in [0.15, 0.2) is 0 Å². The SMILES string of the molecule is Cc1ccc(Cn2cc(CCCN)nn2)cc1. The molecule has 2 rings (SSSR count). The lowest BCUT2D eigenvalue weighted by Gasteiger charge is -2.01. The van der Waals surface area contributed by atoms with Crippen molar-refractivity contribution in [1.82, 2.24) is 15.0 Å². The van der Waals surface area contributed by atoms with Gasteiger partial charge in [0, 0.05) is 6.20 Å². The van der Waals surface area contributed by atoms with E-state index < -0.39 is 0 Å². The van der Waals surface area contributed by atoms with Crippen LogP contribution in [0.2, 0.25) is 0 Å². The van der Waals surface area contributed by atoms with Crippen molar-refractivity contribution in [3.8, 4) is 0 Å². The number of benzene rings is 1. The Balaban J connectivity index is 1.98. The van der Waals surface area contributed by atoms with Gasteiger partial charge in [-0.15, -0.1) is 5.10 Å². The van der Waals surface area contributed by atoms with Gasteiger partial charge in [0.1, 0.15) is 0 Å². The van der Waals surface area contributed by atoms with Gasteiger partial charge in [0.05, 0.1) is 12.2 Å². The number of rotatable bonds is 5. The van der Waals surface area contributed by atoms with Crippen LogP contribution >= 0.6 is 0 Å². The van der Waals surface area contributed by atoms with Crippen molar-refractivity contribution in [2.45, 2.75) is 26.3 Å². The van der Waals surface area contributed by atoms with Gasteiger partial charge in [0.25, 0.3) is 0 Å². The number of hydrogen-bond donors (Lipinski definition) is 1. The lowest BCUT2D eigenvalue weighted by Crippen LogP contribution is -2.01. The summed E-state index contributed by atoms with van der Waals surface area (Å²) in [5.74, 6) is 0. The second kappa shape index (κ2) is 5.59. The molecular weight excluding hydrogens is 212 g/mol. The van der Waals surface area contributed by atoms with E-state index in [0.29, 0.717) is 6.54 Å². The van der Waals surface area contributed by atoms with Crippen LogP contribution in [0.4, 0.5) is 0 Å². The van der Waals surface area contributed by atoms with E-state index in [0.717, 1.165) is 25.1 Å². The molecule has 4 nitrogen and oxygen atoms in total. The zero-order valence-corrected chi connectivity index (χ0v) is 10.1. The maximum absolute atomic E-state index is 5.47. The van der Waals surface area contributed by atoms with E-state index in [1.54, 1.807) is 0 Å². The van der Waals surface area contributed by atoms with Crippen LogP contribution in [0.5, 0.6) is 0 Å². The molecule has 0 bridgehead atoms. The molecular formula is C13H18N4. The van der Waals surface area contributed by atoms with E-state index >= 15 is 0 Å². The predicted octanol–water partition coefficient (Wildman–Crippen LogP) is 1.53. The van der Waals surface area contributed by atoms with Crippen LogP contribution < -0.4 is 5.73 Å². The van der Waals surface area contributed by atoms with Crippen molar-refractivity contribution >= 4 is 0 Å². The Morgan fingerprint density at radius 3 is 2.71 bits per heavy atom. The average Bonchev–Trinajstić information content (AvgIpc) is 2.77. The molecule has 1 aromatic heterocycles. The summed E-state index contributed by atoms with van der Waals surface area (Å²) in [6.07, 6.45) is 3.86. The van der Waals surface area contributed by atoms with Gasteiger partial charge in [-0.05, 0) is 31.9 Å². The van der Waals surface area contributed by atoms with Gasteiger partial charge >= 0.3 is 0 Å². The predicted molar refractivity (Wildman–Crippen MR) is 67.7 cm³/mol. The third-order valence-corrected chi connectivity index (χ3v) is 2.69. The molecule has 1 aromatic carbocycles. The summed E-state index contributed by atoms with van der Waals surface area (Å²) in [5.41, 5.74) is 9.00. The summed E-state index contributed by atoms with van der Waals surface area (Å²) in [4.78, 5) is 0. The highest BCUT2D eigenvalue weighted by Gasteiger charge is 2.01. The van der Waals surface area contributed by atoms with Crippen LogP contribution in [0.15, 0.2) is 30.5 Å². The van der Waals surface area contributed by atoms with E-state index in [1.165, 1.54) is 11.1 Å². The second-order valence-corrected chi connectivity index (χ2v) is 4.29. The van der Waals surface area contributed by atoms with Crippen molar-refractivity contribution in [1.29, 1.82) is 0 Å². The van der Waals surface area contributed by atoms with Crippen molar-refractivity contribution in [3.63, 3.8) is 0 Å². The van der Waals surface area contributed by atoms with Crippen molar-refractivity contribution in [2.75, 3.05) is 6.54 Å². The van der Waals surface area contributed by atoms with Crippen LogP contribution in [0.25, 0.3) is 0 Å². The first-order valence-corrected chi connectivity index (χ1v) is 5.92. The number of nitrogens with zero attached hydrogens (tertiary/aromatic N) is 3. The topological polar surface area (TPSA) is 56.7 Å². The van der Waals surface area contributed by atoms with Crippen LogP contribution in [0, 0.1) is 6.92 Å². The molecule has 1 heterocycles. The first-order valence-electron chi connectivity index (χ1n) is 5.92. The molecule has 17 heavy (non-hydrogen) atoms. The molecule has 0 aliphatic carbocycles. The lowest BCUT2D eigenvalue weighted by molar-refractivity contribution is 0.649. The minimum Gasteiger partial charge on any atom is -0.330 e. The molecule has 2 N–H and O–H groups in total. The molecule has 0 saturated carbocycles. The van der Waals surface area contributed by atoms with Gasteiger partial charge < -0.3 is 5.73 Å². The van der Waals surface area contributed by atoms with Gasteiger partial charge in [0.2, 0.25) is 0 Å². The van der Waals surface area contributed by atoms with Gasteiger partial charge in [-0.1, -0.05) is 35.0 Å². The maximum atomic E-state index is 5.47. The summed E-state index contributed by atoms with van der Waals surface area (Å²) >= 11 is 0. The molecule has 0 amide bonds. The third-order valence-electron chi connectivity index (χ3n) is 2.69. The summed E-state index contributed by atoms with van der Waals surface area (Å²) in [7, 11) is 0. The highest BCUT2D eigenvalue weighted by atomic mass is 15.4. The van der Waals surface area contributed by atoms with E-state index in [9.17, 15) is 0 Å². The molecule has 0 radical (unpaired) electrons. The standard InChI is InChI=1S/C13H18N4/c1-11-4-6-12(7-5-11)9-17-10-13(15-16-17)3-2-8-14/h4-7,10H,2-3,8-9,14H2,1H3. The monoisotopic (exact) mass is 230 g/mol.